The molecule has 2 aromatic rings. The fraction of sp³-hybridized carbons (Fsp3) is 0.278. The minimum Gasteiger partial charge on any atom is -0.339 e. The van der Waals surface area contributed by atoms with Gasteiger partial charge in [0.05, 0.1) is 13.3 Å². The third-order valence-electron chi connectivity index (χ3n) is 4.02. The highest BCUT2D eigenvalue weighted by molar-refractivity contribution is 7.80. The van der Waals surface area contributed by atoms with E-state index in [1.807, 2.05) is 31.3 Å². The minimum atomic E-state index is 0.733. The van der Waals surface area contributed by atoms with E-state index in [-0.39, 0.29) is 0 Å². The lowest BCUT2D eigenvalue weighted by Crippen LogP contribution is -2.56. The predicted molar refractivity (Wildman–Crippen MR) is 101 cm³/mol. The van der Waals surface area contributed by atoms with Crippen LogP contribution in [0.3, 0.4) is 0 Å². The van der Waals surface area contributed by atoms with Crippen LogP contribution in [0.2, 0.25) is 5.02 Å². The molecule has 0 N–H and O–H groups in total. The summed E-state index contributed by atoms with van der Waals surface area (Å²) >= 11 is 11.8. The Morgan fingerprint density at radius 3 is 2.57 bits per heavy atom. The Balaban J connectivity index is 1.84. The Labute approximate surface area is 148 Å². The van der Waals surface area contributed by atoms with Gasteiger partial charge in [-0.05, 0) is 42.4 Å². The average molecular weight is 346 g/mol. The first-order valence-corrected chi connectivity index (χ1v) is 8.38. The van der Waals surface area contributed by atoms with Crippen molar-refractivity contribution in [2.24, 2.45) is 0 Å². The second-order valence-electron chi connectivity index (χ2n) is 5.94. The van der Waals surface area contributed by atoms with Crippen LogP contribution in [-0.2, 0) is 6.54 Å². The Hall–Kier alpha value is -1.62. The Kier molecular flexibility index (Phi) is 4.85. The maximum atomic E-state index is 6.19. The van der Waals surface area contributed by atoms with Crippen molar-refractivity contribution in [3.8, 4) is 0 Å². The number of anilines is 1. The quantitative estimate of drug-likeness (QED) is 0.774. The first-order chi connectivity index (χ1) is 11.0. The fourth-order valence-electron chi connectivity index (χ4n) is 2.87. The van der Waals surface area contributed by atoms with Gasteiger partial charge in [0.15, 0.2) is 5.11 Å². The van der Waals surface area contributed by atoms with Gasteiger partial charge in [-0.2, -0.15) is 0 Å². The number of rotatable bonds is 3. The lowest BCUT2D eigenvalue weighted by molar-refractivity contribution is 0.178. The minimum absolute atomic E-state index is 0.733. The number of nitrogens with zero attached hydrogens (tertiary/aromatic N) is 3. The van der Waals surface area contributed by atoms with E-state index in [9.17, 15) is 0 Å². The van der Waals surface area contributed by atoms with E-state index >= 15 is 0 Å². The van der Waals surface area contributed by atoms with Crippen LogP contribution in [0.4, 0.5) is 5.69 Å². The van der Waals surface area contributed by atoms with Gasteiger partial charge in [0.1, 0.15) is 0 Å². The zero-order chi connectivity index (χ0) is 16.4. The number of benzene rings is 2. The molecule has 5 heteroatoms. The molecule has 1 fully saturated rings. The molecule has 0 spiro atoms. The van der Waals surface area contributed by atoms with Crippen molar-refractivity contribution < 1.29 is 0 Å². The summed E-state index contributed by atoms with van der Waals surface area (Å²) in [7, 11) is 2.03. The summed E-state index contributed by atoms with van der Waals surface area (Å²) in [5.74, 6) is 0. The van der Waals surface area contributed by atoms with Crippen LogP contribution in [0.5, 0.6) is 0 Å². The molecule has 2 aromatic carbocycles. The Bertz CT molecular complexity index is 705. The third-order valence-corrected chi connectivity index (χ3v) is 4.79. The van der Waals surface area contributed by atoms with Gasteiger partial charge in [0.2, 0.25) is 0 Å². The molecule has 0 bridgehead atoms. The van der Waals surface area contributed by atoms with Gasteiger partial charge in [-0.3, -0.25) is 4.90 Å². The maximum Gasteiger partial charge on any atom is 0.178 e. The highest BCUT2D eigenvalue weighted by atomic mass is 35.5. The van der Waals surface area contributed by atoms with E-state index in [0.29, 0.717) is 0 Å². The Morgan fingerprint density at radius 1 is 1.09 bits per heavy atom. The second kappa shape index (κ2) is 6.87. The molecule has 0 aromatic heterocycles. The molecular weight excluding hydrogens is 326 g/mol. The van der Waals surface area contributed by atoms with Crippen LogP contribution in [0.25, 0.3) is 0 Å². The summed E-state index contributed by atoms with van der Waals surface area (Å²) in [5, 5.41) is 1.57. The van der Waals surface area contributed by atoms with Crippen LogP contribution < -0.4 is 4.90 Å². The first-order valence-electron chi connectivity index (χ1n) is 7.59. The smallest absolute Gasteiger partial charge is 0.178 e. The van der Waals surface area contributed by atoms with Crippen LogP contribution >= 0.6 is 23.8 Å². The molecule has 23 heavy (non-hydrogen) atoms. The molecule has 0 radical (unpaired) electrons. The standard InChI is InChI=1S/C18H20ClN3S/c1-14-8-9-16(19)10-17(14)22-13-21(12-20(2)18(22)23)11-15-6-4-3-5-7-15/h3-10H,11-13H2,1-2H3. The summed E-state index contributed by atoms with van der Waals surface area (Å²) in [6.07, 6.45) is 0. The topological polar surface area (TPSA) is 9.72 Å². The SMILES string of the molecule is Cc1ccc(Cl)cc1N1CN(Cc2ccccc2)CN(C)C1=S. The highest BCUT2D eigenvalue weighted by Gasteiger charge is 2.27. The summed E-state index contributed by atoms with van der Waals surface area (Å²) in [5.41, 5.74) is 3.55. The maximum absolute atomic E-state index is 6.19. The number of thiocarbonyl (C=S) groups is 1. The molecule has 0 unspecified atom stereocenters. The molecule has 0 amide bonds. The number of hydrogen-bond donors (Lipinski definition) is 0. The van der Waals surface area contributed by atoms with Gasteiger partial charge in [-0.15, -0.1) is 0 Å². The van der Waals surface area contributed by atoms with Gasteiger partial charge in [-0.25, -0.2) is 0 Å². The van der Waals surface area contributed by atoms with E-state index in [1.165, 1.54) is 11.1 Å². The summed E-state index contributed by atoms with van der Waals surface area (Å²) in [6, 6.07) is 16.4. The molecule has 3 rings (SSSR count). The van der Waals surface area contributed by atoms with Crippen molar-refractivity contribution in [1.29, 1.82) is 0 Å². The molecular formula is C18H20ClN3S. The van der Waals surface area contributed by atoms with Gasteiger partial charge in [0.25, 0.3) is 0 Å². The van der Waals surface area contributed by atoms with Crippen molar-refractivity contribution in [2.75, 3.05) is 25.3 Å². The van der Waals surface area contributed by atoms with E-state index < -0.39 is 0 Å². The van der Waals surface area contributed by atoms with Crippen molar-refractivity contribution >= 4 is 34.6 Å². The van der Waals surface area contributed by atoms with Crippen molar-refractivity contribution in [3.63, 3.8) is 0 Å². The van der Waals surface area contributed by atoms with Gasteiger partial charge < -0.3 is 9.80 Å². The van der Waals surface area contributed by atoms with Crippen LogP contribution in [-0.4, -0.2) is 35.3 Å². The van der Waals surface area contributed by atoms with Crippen LogP contribution in [0.15, 0.2) is 48.5 Å². The van der Waals surface area contributed by atoms with Crippen molar-refractivity contribution in [2.45, 2.75) is 13.5 Å². The summed E-state index contributed by atoms with van der Waals surface area (Å²) in [6.45, 7) is 4.57. The molecule has 0 atom stereocenters. The monoisotopic (exact) mass is 345 g/mol. The average Bonchev–Trinajstić information content (AvgIpc) is 2.54. The molecule has 1 aliphatic heterocycles. The molecule has 1 aliphatic rings. The van der Waals surface area contributed by atoms with E-state index in [4.69, 9.17) is 23.8 Å². The molecule has 1 saturated heterocycles. The highest BCUT2D eigenvalue weighted by Crippen LogP contribution is 2.27. The van der Waals surface area contributed by atoms with E-state index in [1.54, 1.807) is 0 Å². The van der Waals surface area contributed by atoms with Gasteiger partial charge >= 0.3 is 0 Å². The van der Waals surface area contributed by atoms with Crippen molar-refractivity contribution in [1.82, 2.24) is 9.80 Å². The fourth-order valence-corrected chi connectivity index (χ4v) is 3.25. The van der Waals surface area contributed by atoms with Crippen LogP contribution in [0.1, 0.15) is 11.1 Å². The first kappa shape index (κ1) is 16.2. The molecule has 1 heterocycles. The lowest BCUT2D eigenvalue weighted by Gasteiger charge is -2.43. The number of halogens is 1. The summed E-state index contributed by atoms with van der Waals surface area (Å²) in [4.78, 5) is 6.62. The Morgan fingerprint density at radius 2 is 1.83 bits per heavy atom. The lowest BCUT2D eigenvalue weighted by atomic mass is 10.2. The molecule has 0 aliphatic carbocycles. The summed E-state index contributed by atoms with van der Waals surface area (Å²) < 4.78 is 0. The molecule has 0 saturated carbocycles. The van der Waals surface area contributed by atoms with Crippen molar-refractivity contribution in [3.05, 3.63) is 64.7 Å². The molecule has 120 valence electrons. The number of aryl methyl sites for hydroxylation is 1. The second-order valence-corrected chi connectivity index (χ2v) is 6.74. The predicted octanol–water partition coefficient (Wildman–Crippen LogP) is 4.10. The van der Waals surface area contributed by atoms with Gasteiger partial charge in [-0.1, -0.05) is 48.0 Å². The normalized spacial score (nSPS) is 16.0. The van der Waals surface area contributed by atoms with Crippen LogP contribution in [0, 0.1) is 6.92 Å². The van der Waals surface area contributed by atoms with Gasteiger partial charge in [0, 0.05) is 24.3 Å². The van der Waals surface area contributed by atoms with E-state index in [0.717, 1.165) is 35.7 Å². The third kappa shape index (κ3) is 3.66. The molecule has 3 nitrogen and oxygen atoms in total. The number of hydrogen-bond acceptors (Lipinski definition) is 2. The zero-order valence-corrected chi connectivity index (χ0v) is 14.9. The zero-order valence-electron chi connectivity index (χ0n) is 13.4. The largest absolute Gasteiger partial charge is 0.339 e. The van der Waals surface area contributed by atoms with E-state index in [2.05, 4.69) is 45.9 Å².